The summed E-state index contributed by atoms with van der Waals surface area (Å²) in [5.41, 5.74) is 6.62. The molecule has 0 aromatic heterocycles. The van der Waals surface area contributed by atoms with Gasteiger partial charge in [-0.05, 0) is 38.2 Å². The van der Waals surface area contributed by atoms with Crippen LogP contribution in [0.4, 0.5) is 0 Å². The molecule has 3 N–H and O–H groups in total. The number of nitrogens with zero attached hydrogens (tertiary/aromatic N) is 2. The summed E-state index contributed by atoms with van der Waals surface area (Å²) in [4.78, 5) is 41.1. The summed E-state index contributed by atoms with van der Waals surface area (Å²) in [5.74, 6) is -1.31. The zero-order valence-corrected chi connectivity index (χ0v) is 17.0. The first-order valence-corrected chi connectivity index (χ1v) is 10.5. The quantitative estimate of drug-likeness (QED) is 0.697. The molecule has 152 valence electrons. The molecule has 7 nitrogen and oxygen atoms in total. The summed E-state index contributed by atoms with van der Waals surface area (Å²) in [5, 5.41) is 10.5. The Morgan fingerprint density at radius 2 is 1.96 bits per heavy atom. The lowest BCUT2D eigenvalue weighted by molar-refractivity contribution is -0.151. The Labute approximate surface area is 169 Å². The second-order valence-electron chi connectivity index (χ2n) is 7.68. The van der Waals surface area contributed by atoms with Crippen LogP contribution in [0.15, 0.2) is 30.3 Å². The van der Waals surface area contributed by atoms with Crippen molar-refractivity contribution in [3.05, 3.63) is 35.9 Å². The van der Waals surface area contributed by atoms with E-state index in [1.165, 1.54) is 16.7 Å². The lowest BCUT2D eigenvalue weighted by Gasteiger charge is -2.34. The molecule has 1 aliphatic heterocycles. The van der Waals surface area contributed by atoms with Gasteiger partial charge in [0.25, 0.3) is 5.91 Å². The van der Waals surface area contributed by atoms with E-state index in [0.29, 0.717) is 6.42 Å². The summed E-state index contributed by atoms with van der Waals surface area (Å²) in [6.45, 7) is 1.60. The van der Waals surface area contributed by atoms with Gasteiger partial charge in [0.15, 0.2) is 0 Å². The molecule has 1 saturated carbocycles. The first kappa shape index (κ1) is 20.7. The Bertz CT molecular complexity index is 755. The number of likely N-dealkylation sites (N-methyl/N-ethyl adjacent to an activating group) is 1. The summed E-state index contributed by atoms with van der Waals surface area (Å²) in [7, 11) is 1.69. The Kier molecular flexibility index (Phi) is 6.00. The third kappa shape index (κ3) is 4.03. The van der Waals surface area contributed by atoms with Gasteiger partial charge in [0.05, 0.1) is 5.88 Å². The van der Waals surface area contributed by atoms with E-state index in [2.05, 4.69) is 0 Å². The number of hydrogen-bond donors (Lipinski definition) is 2. The van der Waals surface area contributed by atoms with Crippen molar-refractivity contribution in [2.24, 2.45) is 5.73 Å². The number of benzene rings is 1. The second-order valence-corrected chi connectivity index (χ2v) is 9.07. The van der Waals surface area contributed by atoms with Crippen molar-refractivity contribution in [3.8, 4) is 0 Å². The van der Waals surface area contributed by atoms with Crippen molar-refractivity contribution in [2.75, 3.05) is 12.9 Å². The van der Waals surface area contributed by atoms with Gasteiger partial charge in [-0.15, -0.1) is 11.8 Å². The highest BCUT2D eigenvalue weighted by Crippen LogP contribution is 2.42. The average Bonchev–Trinajstić information content (AvgIpc) is 3.47. The number of aliphatic hydroxyl groups excluding tert-OH is 1. The van der Waals surface area contributed by atoms with Crippen LogP contribution in [0.5, 0.6) is 0 Å². The van der Waals surface area contributed by atoms with Crippen molar-refractivity contribution in [3.63, 3.8) is 0 Å². The minimum Gasteiger partial charge on any atom is -0.383 e. The van der Waals surface area contributed by atoms with Crippen molar-refractivity contribution in [1.29, 1.82) is 0 Å². The maximum atomic E-state index is 13.1. The fraction of sp³-hybridized carbons (Fsp3) is 0.550. The fourth-order valence-corrected chi connectivity index (χ4v) is 4.73. The van der Waals surface area contributed by atoms with Crippen molar-refractivity contribution in [1.82, 2.24) is 9.80 Å². The summed E-state index contributed by atoms with van der Waals surface area (Å²) >= 11 is 1.18. The van der Waals surface area contributed by atoms with Crippen LogP contribution >= 0.6 is 11.8 Å². The van der Waals surface area contributed by atoms with E-state index >= 15 is 0 Å². The van der Waals surface area contributed by atoms with Gasteiger partial charge in [0.2, 0.25) is 11.8 Å². The van der Waals surface area contributed by atoms with E-state index in [9.17, 15) is 19.5 Å². The van der Waals surface area contributed by atoms with E-state index in [1.807, 2.05) is 30.3 Å². The second kappa shape index (κ2) is 8.13. The van der Waals surface area contributed by atoms with Crippen LogP contribution in [-0.4, -0.2) is 68.5 Å². The largest absolute Gasteiger partial charge is 0.383 e. The van der Waals surface area contributed by atoms with Crippen LogP contribution < -0.4 is 5.73 Å². The van der Waals surface area contributed by atoms with Gasteiger partial charge in [-0.25, -0.2) is 0 Å². The standard InChI is InChI=1S/C20H27N3O4S/c1-20(19(21)27)16(18(26)22(2)14-9-10-14)23(12-28-20)17(25)15(24)11-8-13-6-4-3-5-7-13/h3-7,14-16,24H,8-12H2,1-2H3,(H2,21,27)/t15-,16?,20+/m0/s1. The Balaban J connectivity index is 1.74. The van der Waals surface area contributed by atoms with E-state index in [1.54, 1.807) is 18.9 Å². The van der Waals surface area contributed by atoms with E-state index in [4.69, 9.17) is 5.73 Å². The van der Waals surface area contributed by atoms with Gasteiger partial charge in [0, 0.05) is 13.1 Å². The van der Waals surface area contributed by atoms with Gasteiger partial charge in [0.1, 0.15) is 16.9 Å². The number of aliphatic hydroxyl groups is 1. The predicted molar refractivity (Wildman–Crippen MR) is 107 cm³/mol. The Hall–Kier alpha value is -2.06. The highest BCUT2D eigenvalue weighted by Gasteiger charge is 2.56. The minimum atomic E-state index is -1.24. The van der Waals surface area contributed by atoms with Gasteiger partial charge in [-0.3, -0.25) is 14.4 Å². The Morgan fingerprint density at radius 1 is 1.32 bits per heavy atom. The molecule has 8 heteroatoms. The number of carbonyl (C=O) groups is 3. The molecule has 3 amide bonds. The predicted octanol–water partition coefficient (Wildman–Crippen LogP) is 0.746. The Morgan fingerprint density at radius 3 is 2.54 bits per heavy atom. The van der Waals surface area contributed by atoms with Gasteiger partial charge in [-0.1, -0.05) is 30.3 Å². The molecule has 1 heterocycles. The molecule has 3 atom stereocenters. The number of primary amides is 1. The number of rotatable bonds is 7. The van der Waals surface area contributed by atoms with Crippen LogP contribution in [0.3, 0.4) is 0 Å². The molecular weight excluding hydrogens is 378 g/mol. The molecule has 1 saturated heterocycles. The minimum absolute atomic E-state index is 0.148. The number of hydrogen-bond acceptors (Lipinski definition) is 5. The molecule has 2 fully saturated rings. The molecule has 0 radical (unpaired) electrons. The van der Waals surface area contributed by atoms with Gasteiger partial charge >= 0.3 is 0 Å². The molecule has 0 bridgehead atoms. The SMILES string of the molecule is CN(C(=O)C1N(C(=O)[C@@H](O)CCc2ccccc2)CS[C@@]1(C)C(N)=O)C1CC1. The van der Waals surface area contributed by atoms with Crippen molar-refractivity contribution < 1.29 is 19.5 Å². The summed E-state index contributed by atoms with van der Waals surface area (Å²) in [6, 6.07) is 8.73. The third-order valence-corrected chi connectivity index (χ3v) is 7.05. The third-order valence-electron chi connectivity index (χ3n) is 5.62. The van der Waals surface area contributed by atoms with E-state index < -0.39 is 28.7 Å². The van der Waals surface area contributed by atoms with Crippen LogP contribution in [0.1, 0.15) is 31.7 Å². The van der Waals surface area contributed by atoms with Crippen LogP contribution in [0.2, 0.25) is 0 Å². The lowest BCUT2D eigenvalue weighted by atomic mass is 9.96. The zero-order valence-electron chi connectivity index (χ0n) is 16.2. The summed E-state index contributed by atoms with van der Waals surface area (Å²) in [6.07, 6.45) is 1.39. The highest BCUT2D eigenvalue weighted by atomic mass is 32.2. The highest BCUT2D eigenvalue weighted by molar-refractivity contribution is 8.01. The average molecular weight is 406 g/mol. The van der Waals surface area contributed by atoms with Gasteiger partial charge < -0.3 is 20.6 Å². The number of aryl methyl sites for hydroxylation is 1. The first-order chi connectivity index (χ1) is 13.3. The number of thioether (sulfide) groups is 1. The maximum Gasteiger partial charge on any atom is 0.252 e. The van der Waals surface area contributed by atoms with Crippen LogP contribution in [0, 0.1) is 0 Å². The normalized spacial score (nSPS) is 25.4. The van der Waals surface area contributed by atoms with Crippen LogP contribution in [-0.2, 0) is 20.8 Å². The fourth-order valence-electron chi connectivity index (χ4n) is 3.52. The topological polar surface area (TPSA) is 104 Å². The molecule has 0 spiro atoms. The molecule has 3 rings (SSSR count). The molecule has 2 aliphatic rings. The first-order valence-electron chi connectivity index (χ1n) is 9.48. The van der Waals surface area contributed by atoms with Crippen LogP contribution in [0.25, 0.3) is 0 Å². The smallest absolute Gasteiger partial charge is 0.252 e. The molecule has 1 aromatic rings. The number of carbonyl (C=O) groups excluding carboxylic acids is 3. The van der Waals surface area contributed by atoms with Gasteiger partial charge in [-0.2, -0.15) is 0 Å². The zero-order chi connectivity index (χ0) is 20.5. The monoisotopic (exact) mass is 405 g/mol. The molecule has 1 aliphatic carbocycles. The lowest BCUT2D eigenvalue weighted by Crippen LogP contribution is -2.60. The maximum absolute atomic E-state index is 13.1. The molecular formula is C20H27N3O4S. The van der Waals surface area contributed by atoms with E-state index in [-0.39, 0.29) is 24.2 Å². The number of nitrogens with two attached hydrogens (primary N) is 1. The molecule has 28 heavy (non-hydrogen) atoms. The molecule has 1 unspecified atom stereocenters. The van der Waals surface area contributed by atoms with E-state index in [0.717, 1.165) is 18.4 Å². The summed E-state index contributed by atoms with van der Waals surface area (Å²) < 4.78 is -1.21. The van der Waals surface area contributed by atoms with Crippen molar-refractivity contribution >= 4 is 29.5 Å². The number of amides is 3. The van der Waals surface area contributed by atoms with Crippen molar-refractivity contribution in [2.45, 2.75) is 55.5 Å². The molecule has 1 aromatic carbocycles.